The van der Waals surface area contributed by atoms with Crippen molar-refractivity contribution in [3.8, 4) is 11.1 Å². The summed E-state index contributed by atoms with van der Waals surface area (Å²) < 4.78 is 0. The van der Waals surface area contributed by atoms with E-state index < -0.39 is 6.09 Å². The van der Waals surface area contributed by atoms with Crippen molar-refractivity contribution in [3.05, 3.63) is 53.6 Å². The van der Waals surface area contributed by atoms with Crippen molar-refractivity contribution >= 4 is 11.8 Å². The fraction of sp³-hybridized carbons (Fsp3) is 0.381. The summed E-state index contributed by atoms with van der Waals surface area (Å²) in [4.78, 5) is 13.3. The van der Waals surface area contributed by atoms with Crippen LogP contribution < -0.4 is 10.2 Å². The standard InChI is InChI=1S/C21H26N2O2/c1-21(2)11-10-16-12-15(8-9-18(16)19(21)22-20(24)25)14-6-5-7-17(13-14)23(3)4/h5-9,12-13,19,22H,10-11H2,1-4H3,(H,24,25). The molecular weight excluding hydrogens is 312 g/mol. The molecule has 4 nitrogen and oxygen atoms in total. The van der Waals surface area contributed by atoms with E-state index in [-0.39, 0.29) is 11.5 Å². The van der Waals surface area contributed by atoms with Gasteiger partial charge in [-0.1, -0.05) is 44.2 Å². The molecule has 3 rings (SSSR count). The van der Waals surface area contributed by atoms with E-state index in [4.69, 9.17) is 0 Å². The van der Waals surface area contributed by atoms with Crippen molar-refractivity contribution in [1.29, 1.82) is 0 Å². The van der Waals surface area contributed by atoms with Crippen molar-refractivity contribution in [3.63, 3.8) is 0 Å². The van der Waals surface area contributed by atoms with Gasteiger partial charge < -0.3 is 15.3 Å². The van der Waals surface area contributed by atoms with Crippen molar-refractivity contribution < 1.29 is 9.90 Å². The molecule has 2 N–H and O–H groups in total. The first-order valence-electron chi connectivity index (χ1n) is 8.68. The fourth-order valence-electron chi connectivity index (χ4n) is 3.67. The predicted octanol–water partition coefficient (Wildman–Crippen LogP) is 4.70. The van der Waals surface area contributed by atoms with E-state index in [1.54, 1.807) is 0 Å². The van der Waals surface area contributed by atoms with Gasteiger partial charge in [0.05, 0.1) is 6.04 Å². The van der Waals surface area contributed by atoms with Gasteiger partial charge in [0.15, 0.2) is 0 Å². The van der Waals surface area contributed by atoms with E-state index in [2.05, 4.69) is 66.5 Å². The summed E-state index contributed by atoms with van der Waals surface area (Å²) in [7, 11) is 4.08. The second kappa shape index (κ2) is 6.43. The summed E-state index contributed by atoms with van der Waals surface area (Å²) in [5.41, 5.74) is 5.79. The van der Waals surface area contributed by atoms with Crippen molar-refractivity contribution in [1.82, 2.24) is 5.32 Å². The Morgan fingerprint density at radius 2 is 1.88 bits per heavy atom. The lowest BCUT2D eigenvalue weighted by atomic mass is 9.70. The summed E-state index contributed by atoms with van der Waals surface area (Å²) in [5.74, 6) is 0. The molecule has 0 heterocycles. The molecule has 132 valence electrons. The Labute approximate surface area is 149 Å². The van der Waals surface area contributed by atoms with E-state index in [1.807, 2.05) is 14.1 Å². The molecule has 0 spiro atoms. The van der Waals surface area contributed by atoms with Gasteiger partial charge in [-0.05, 0) is 52.6 Å². The van der Waals surface area contributed by atoms with Crippen LogP contribution in [-0.4, -0.2) is 25.3 Å². The van der Waals surface area contributed by atoms with Gasteiger partial charge in [-0.3, -0.25) is 0 Å². The predicted molar refractivity (Wildman–Crippen MR) is 102 cm³/mol. The molecule has 2 aromatic rings. The Hall–Kier alpha value is -2.49. The molecule has 1 aliphatic rings. The first-order valence-corrected chi connectivity index (χ1v) is 8.68. The van der Waals surface area contributed by atoms with E-state index in [0.717, 1.165) is 18.4 Å². The molecule has 0 bridgehead atoms. The Bertz CT molecular complexity index is 796. The van der Waals surface area contributed by atoms with E-state index >= 15 is 0 Å². The minimum absolute atomic E-state index is 0.0856. The van der Waals surface area contributed by atoms with Gasteiger partial charge in [0.2, 0.25) is 0 Å². The van der Waals surface area contributed by atoms with Gasteiger partial charge in [-0.25, -0.2) is 4.79 Å². The highest BCUT2D eigenvalue weighted by atomic mass is 16.4. The fourth-order valence-corrected chi connectivity index (χ4v) is 3.67. The van der Waals surface area contributed by atoms with Crippen LogP contribution in [-0.2, 0) is 6.42 Å². The molecule has 1 unspecified atom stereocenters. The van der Waals surface area contributed by atoms with Crippen LogP contribution in [0.1, 0.15) is 37.4 Å². The largest absolute Gasteiger partial charge is 0.465 e. The lowest BCUT2D eigenvalue weighted by Gasteiger charge is -2.40. The maximum atomic E-state index is 11.2. The number of aryl methyl sites for hydroxylation is 1. The number of fused-ring (bicyclic) bond motifs is 1. The zero-order valence-corrected chi connectivity index (χ0v) is 15.3. The lowest BCUT2D eigenvalue weighted by Crippen LogP contribution is -2.40. The van der Waals surface area contributed by atoms with E-state index in [9.17, 15) is 9.90 Å². The molecule has 4 heteroatoms. The van der Waals surface area contributed by atoms with Gasteiger partial charge in [-0.2, -0.15) is 0 Å². The smallest absolute Gasteiger partial charge is 0.405 e. The second-order valence-corrected chi connectivity index (χ2v) is 7.73. The average molecular weight is 338 g/mol. The number of carbonyl (C=O) groups is 1. The minimum atomic E-state index is -0.964. The number of rotatable bonds is 3. The maximum absolute atomic E-state index is 11.2. The zero-order valence-electron chi connectivity index (χ0n) is 15.3. The van der Waals surface area contributed by atoms with E-state index in [1.165, 1.54) is 22.4 Å². The van der Waals surface area contributed by atoms with Crippen LogP contribution in [0, 0.1) is 5.41 Å². The van der Waals surface area contributed by atoms with Gasteiger partial charge in [0.25, 0.3) is 0 Å². The van der Waals surface area contributed by atoms with Crippen molar-refractivity contribution in [2.24, 2.45) is 5.41 Å². The first-order chi connectivity index (χ1) is 11.8. The molecule has 0 aliphatic heterocycles. The molecule has 0 fully saturated rings. The summed E-state index contributed by atoms with van der Waals surface area (Å²) in [5, 5.41) is 11.9. The van der Waals surface area contributed by atoms with Gasteiger partial charge >= 0.3 is 6.09 Å². The number of anilines is 1. The number of carboxylic acid groups (broad SMARTS) is 1. The molecule has 1 atom stereocenters. The molecule has 0 saturated carbocycles. The average Bonchev–Trinajstić information content (AvgIpc) is 2.57. The Kier molecular flexibility index (Phi) is 4.46. The topological polar surface area (TPSA) is 52.6 Å². The van der Waals surface area contributed by atoms with E-state index in [0.29, 0.717) is 0 Å². The molecule has 1 aliphatic carbocycles. The molecule has 2 aromatic carbocycles. The van der Waals surface area contributed by atoms with Crippen LogP contribution in [0.2, 0.25) is 0 Å². The van der Waals surface area contributed by atoms with Crippen molar-refractivity contribution in [2.45, 2.75) is 32.7 Å². The summed E-state index contributed by atoms with van der Waals surface area (Å²) in [6, 6.07) is 14.7. The Balaban J connectivity index is 2.00. The molecule has 0 radical (unpaired) electrons. The van der Waals surface area contributed by atoms with Crippen LogP contribution in [0.3, 0.4) is 0 Å². The number of nitrogens with one attached hydrogen (secondary N) is 1. The van der Waals surface area contributed by atoms with Gasteiger partial charge in [0, 0.05) is 19.8 Å². The highest BCUT2D eigenvalue weighted by molar-refractivity contribution is 5.70. The highest BCUT2D eigenvalue weighted by Gasteiger charge is 2.37. The number of hydrogen-bond donors (Lipinski definition) is 2. The Morgan fingerprint density at radius 1 is 1.16 bits per heavy atom. The summed E-state index contributed by atoms with van der Waals surface area (Å²) in [6.45, 7) is 4.26. The molecule has 0 saturated heterocycles. The third-order valence-corrected chi connectivity index (χ3v) is 5.24. The van der Waals surface area contributed by atoms with Crippen LogP contribution in [0.25, 0.3) is 11.1 Å². The van der Waals surface area contributed by atoms with Crippen LogP contribution in [0.15, 0.2) is 42.5 Å². The Morgan fingerprint density at radius 3 is 2.56 bits per heavy atom. The van der Waals surface area contributed by atoms with Gasteiger partial charge in [-0.15, -0.1) is 0 Å². The summed E-state index contributed by atoms with van der Waals surface area (Å²) in [6.07, 6.45) is 0.974. The van der Waals surface area contributed by atoms with Crippen LogP contribution in [0.5, 0.6) is 0 Å². The molecule has 25 heavy (non-hydrogen) atoms. The number of benzene rings is 2. The second-order valence-electron chi connectivity index (χ2n) is 7.73. The first kappa shape index (κ1) is 17.3. The van der Waals surface area contributed by atoms with Gasteiger partial charge in [0.1, 0.15) is 0 Å². The lowest BCUT2D eigenvalue weighted by molar-refractivity contribution is 0.161. The quantitative estimate of drug-likeness (QED) is 0.853. The molecular formula is C21H26N2O2. The summed E-state index contributed by atoms with van der Waals surface area (Å²) >= 11 is 0. The number of hydrogen-bond acceptors (Lipinski definition) is 2. The highest BCUT2D eigenvalue weighted by Crippen LogP contribution is 2.44. The van der Waals surface area contributed by atoms with Crippen molar-refractivity contribution in [2.75, 3.05) is 19.0 Å². The normalized spacial score (nSPS) is 18.3. The maximum Gasteiger partial charge on any atom is 0.405 e. The molecule has 1 amide bonds. The monoisotopic (exact) mass is 338 g/mol. The zero-order chi connectivity index (χ0) is 18.2. The SMILES string of the molecule is CN(C)c1cccc(-c2ccc3c(c2)CCC(C)(C)C3NC(=O)O)c1. The number of nitrogens with zero attached hydrogens (tertiary/aromatic N) is 1. The van der Waals surface area contributed by atoms with Crippen LogP contribution >= 0.6 is 0 Å². The molecule has 0 aromatic heterocycles. The minimum Gasteiger partial charge on any atom is -0.465 e. The third kappa shape index (κ3) is 3.48. The van der Waals surface area contributed by atoms with Crippen LogP contribution in [0.4, 0.5) is 10.5 Å². The third-order valence-electron chi connectivity index (χ3n) is 5.24. The number of amides is 1.